The highest BCUT2D eigenvalue weighted by atomic mass is 19.1. The normalized spacial score (nSPS) is 13.8. The zero-order valence-corrected chi connectivity index (χ0v) is 7.59. The lowest BCUT2D eigenvalue weighted by molar-refractivity contribution is 0.153. The molecule has 0 saturated carbocycles. The average molecular weight is 147 g/mol. The van der Waals surface area contributed by atoms with Crippen molar-refractivity contribution in [2.24, 2.45) is 0 Å². The van der Waals surface area contributed by atoms with Crippen molar-refractivity contribution < 1.29 is 4.39 Å². The van der Waals surface area contributed by atoms with E-state index in [1.54, 1.807) is 13.8 Å². The van der Waals surface area contributed by atoms with E-state index in [0.717, 1.165) is 0 Å². The second-order valence-electron chi connectivity index (χ2n) is 4.03. The van der Waals surface area contributed by atoms with E-state index in [9.17, 15) is 4.39 Å². The van der Waals surface area contributed by atoms with Crippen molar-refractivity contribution in [1.82, 2.24) is 5.32 Å². The van der Waals surface area contributed by atoms with Gasteiger partial charge in [-0.05, 0) is 41.2 Å². The Hall–Kier alpha value is -0.110. The number of halogens is 1. The largest absolute Gasteiger partial charge is 0.315 e. The van der Waals surface area contributed by atoms with Crippen LogP contribution in [-0.4, -0.2) is 18.3 Å². The summed E-state index contributed by atoms with van der Waals surface area (Å²) in [5.74, 6) is 0. The molecule has 0 aliphatic carbocycles. The fourth-order valence-electron chi connectivity index (χ4n) is 1.14. The van der Waals surface area contributed by atoms with Gasteiger partial charge < -0.3 is 5.32 Å². The summed E-state index contributed by atoms with van der Waals surface area (Å²) >= 11 is 0. The fraction of sp³-hybridized carbons (Fsp3) is 1.00. The van der Waals surface area contributed by atoms with Crippen LogP contribution in [0.3, 0.4) is 0 Å². The van der Waals surface area contributed by atoms with Crippen molar-refractivity contribution in [3.63, 3.8) is 0 Å². The molecule has 0 bridgehead atoms. The van der Waals surface area contributed by atoms with E-state index in [1.807, 2.05) is 20.9 Å². The Balaban J connectivity index is 3.89. The van der Waals surface area contributed by atoms with E-state index in [2.05, 4.69) is 5.32 Å². The Bertz CT molecular complexity index is 102. The zero-order chi connectivity index (χ0) is 8.41. The summed E-state index contributed by atoms with van der Waals surface area (Å²) < 4.78 is 13.0. The molecule has 1 N–H and O–H groups in total. The van der Waals surface area contributed by atoms with Gasteiger partial charge in [0.1, 0.15) is 5.67 Å². The Morgan fingerprint density at radius 1 is 1.20 bits per heavy atom. The molecule has 1 nitrogen and oxygen atoms in total. The van der Waals surface area contributed by atoms with Crippen LogP contribution in [0.15, 0.2) is 0 Å². The van der Waals surface area contributed by atoms with Gasteiger partial charge in [-0.3, -0.25) is 0 Å². The van der Waals surface area contributed by atoms with Crippen LogP contribution in [0, 0.1) is 0 Å². The second kappa shape index (κ2) is 2.87. The maximum absolute atomic E-state index is 13.0. The van der Waals surface area contributed by atoms with E-state index in [-0.39, 0.29) is 5.54 Å². The molecule has 0 amide bonds. The van der Waals surface area contributed by atoms with E-state index in [1.165, 1.54) is 0 Å². The molecule has 0 unspecified atom stereocenters. The van der Waals surface area contributed by atoms with Crippen LogP contribution in [0.4, 0.5) is 4.39 Å². The Kier molecular flexibility index (Phi) is 2.84. The van der Waals surface area contributed by atoms with Gasteiger partial charge in [-0.2, -0.15) is 0 Å². The van der Waals surface area contributed by atoms with Gasteiger partial charge in [-0.1, -0.05) is 0 Å². The van der Waals surface area contributed by atoms with E-state index >= 15 is 0 Å². The zero-order valence-electron chi connectivity index (χ0n) is 7.59. The summed E-state index contributed by atoms with van der Waals surface area (Å²) in [5.41, 5.74) is -1.18. The number of nitrogens with one attached hydrogen (secondary N) is 1. The minimum Gasteiger partial charge on any atom is -0.315 e. The third-order valence-corrected chi connectivity index (χ3v) is 1.54. The van der Waals surface area contributed by atoms with Crippen molar-refractivity contribution >= 4 is 0 Å². The molecule has 0 aromatic carbocycles. The van der Waals surface area contributed by atoms with Gasteiger partial charge in [0.2, 0.25) is 0 Å². The molecule has 0 aliphatic rings. The van der Waals surface area contributed by atoms with Crippen molar-refractivity contribution in [2.45, 2.75) is 45.3 Å². The number of alkyl halides is 1. The summed E-state index contributed by atoms with van der Waals surface area (Å²) in [6.07, 6.45) is 0.538. The maximum Gasteiger partial charge on any atom is 0.107 e. The SMILES string of the molecule is CNC(C)(C)CC(C)(C)F. The first-order valence-corrected chi connectivity index (χ1v) is 3.65. The van der Waals surface area contributed by atoms with Gasteiger partial charge in [0, 0.05) is 5.54 Å². The molecule has 0 aliphatic heterocycles. The first-order chi connectivity index (χ1) is 4.27. The highest BCUT2D eigenvalue weighted by Gasteiger charge is 2.26. The van der Waals surface area contributed by atoms with E-state index < -0.39 is 5.67 Å². The maximum atomic E-state index is 13.0. The number of hydrogen-bond donors (Lipinski definition) is 1. The van der Waals surface area contributed by atoms with Crippen LogP contribution in [0.25, 0.3) is 0 Å². The highest BCUT2D eigenvalue weighted by molar-refractivity contribution is 4.83. The van der Waals surface area contributed by atoms with Crippen LogP contribution in [-0.2, 0) is 0 Å². The van der Waals surface area contributed by atoms with Crippen LogP contribution < -0.4 is 5.32 Å². The standard InChI is InChI=1S/C8H18FN/c1-7(2,9)6-8(3,4)10-5/h10H,6H2,1-5H3. The van der Waals surface area contributed by atoms with Gasteiger partial charge in [0.25, 0.3) is 0 Å². The summed E-state index contributed by atoms with van der Waals surface area (Å²) in [6.45, 7) is 7.20. The predicted octanol–water partition coefficient (Wildman–Crippen LogP) is 2.12. The molecule has 0 fully saturated rings. The second-order valence-corrected chi connectivity index (χ2v) is 4.03. The Morgan fingerprint density at radius 2 is 1.60 bits per heavy atom. The molecule has 0 rings (SSSR count). The quantitative estimate of drug-likeness (QED) is 0.644. The first-order valence-electron chi connectivity index (χ1n) is 3.65. The number of rotatable bonds is 3. The van der Waals surface area contributed by atoms with Crippen LogP contribution >= 0.6 is 0 Å². The molecule has 2 heteroatoms. The fourth-order valence-corrected chi connectivity index (χ4v) is 1.14. The minimum absolute atomic E-state index is 0.0990. The van der Waals surface area contributed by atoms with Gasteiger partial charge in [-0.15, -0.1) is 0 Å². The first kappa shape index (κ1) is 9.89. The topological polar surface area (TPSA) is 12.0 Å². The lowest BCUT2D eigenvalue weighted by Gasteiger charge is -2.29. The summed E-state index contributed by atoms with van der Waals surface area (Å²) in [7, 11) is 1.85. The molecule has 10 heavy (non-hydrogen) atoms. The van der Waals surface area contributed by atoms with Crippen molar-refractivity contribution in [1.29, 1.82) is 0 Å². The van der Waals surface area contributed by atoms with Gasteiger partial charge in [-0.25, -0.2) is 4.39 Å². The predicted molar refractivity (Wildman–Crippen MR) is 42.9 cm³/mol. The van der Waals surface area contributed by atoms with Crippen molar-refractivity contribution in [2.75, 3.05) is 7.05 Å². The molecule has 0 aromatic heterocycles. The Labute approximate surface area is 63.0 Å². The lowest BCUT2D eigenvalue weighted by Crippen LogP contribution is -2.41. The molecule has 0 atom stereocenters. The molecule has 62 valence electrons. The summed E-state index contributed by atoms with van der Waals surface area (Å²) in [5, 5.41) is 3.06. The molecule has 0 aromatic rings. The Morgan fingerprint density at radius 3 is 1.70 bits per heavy atom. The molecule has 0 radical (unpaired) electrons. The average Bonchev–Trinajstić information content (AvgIpc) is 1.60. The molecular formula is C8H18FN. The highest BCUT2D eigenvalue weighted by Crippen LogP contribution is 2.22. The van der Waals surface area contributed by atoms with E-state index in [4.69, 9.17) is 0 Å². The van der Waals surface area contributed by atoms with Crippen molar-refractivity contribution in [3.05, 3.63) is 0 Å². The molecule has 0 spiro atoms. The monoisotopic (exact) mass is 147 g/mol. The molecular weight excluding hydrogens is 129 g/mol. The van der Waals surface area contributed by atoms with Crippen LogP contribution in [0.2, 0.25) is 0 Å². The van der Waals surface area contributed by atoms with Crippen LogP contribution in [0.1, 0.15) is 34.1 Å². The summed E-state index contributed by atoms with van der Waals surface area (Å²) in [6, 6.07) is 0. The van der Waals surface area contributed by atoms with E-state index in [0.29, 0.717) is 6.42 Å². The molecule has 0 saturated heterocycles. The van der Waals surface area contributed by atoms with Crippen LogP contribution in [0.5, 0.6) is 0 Å². The van der Waals surface area contributed by atoms with Gasteiger partial charge in [0.15, 0.2) is 0 Å². The van der Waals surface area contributed by atoms with Gasteiger partial charge >= 0.3 is 0 Å². The third-order valence-electron chi connectivity index (χ3n) is 1.54. The smallest absolute Gasteiger partial charge is 0.107 e. The molecule has 0 heterocycles. The summed E-state index contributed by atoms with van der Waals surface area (Å²) in [4.78, 5) is 0. The third kappa shape index (κ3) is 4.74. The van der Waals surface area contributed by atoms with Crippen molar-refractivity contribution in [3.8, 4) is 0 Å². The lowest BCUT2D eigenvalue weighted by atomic mass is 9.91. The van der Waals surface area contributed by atoms with Gasteiger partial charge in [0.05, 0.1) is 0 Å². The number of hydrogen-bond acceptors (Lipinski definition) is 1. The minimum atomic E-state index is -1.08.